The first kappa shape index (κ1) is 20.1. The molecule has 0 N–H and O–H groups in total. The van der Waals surface area contributed by atoms with Crippen molar-refractivity contribution in [1.82, 2.24) is 19.6 Å². The molecule has 1 saturated heterocycles. The third-order valence-electron chi connectivity index (χ3n) is 6.50. The fourth-order valence-corrected chi connectivity index (χ4v) is 4.84. The van der Waals surface area contributed by atoms with Crippen LogP contribution in [-0.2, 0) is 16.0 Å². The van der Waals surface area contributed by atoms with E-state index in [0.717, 1.165) is 38.9 Å². The Labute approximate surface area is 173 Å². The number of hydrogen-bond acceptors (Lipinski definition) is 4. The van der Waals surface area contributed by atoms with Crippen molar-refractivity contribution >= 4 is 5.91 Å². The van der Waals surface area contributed by atoms with Gasteiger partial charge in [0.1, 0.15) is 6.61 Å². The number of rotatable bonds is 7. The highest BCUT2D eigenvalue weighted by atomic mass is 16.5. The number of fused-ring (bicyclic) bond motifs is 1. The summed E-state index contributed by atoms with van der Waals surface area (Å²) in [5.74, 6) is 1.32. The molecule has 2 aromatic rings. The van der Waals surface area contributed by atoms with Crippen molar-refractivity contribution in [3.8, 4) is 0 Å². The quantitative estimate of drug-likeness (QED) is 0.722. The van der Waals surface area contributed by atoms with Gasteiger partial charge in [-0.1, -0.05) is 30.3 Å². The van der Waals surface area contributed by atoms with Gasteiger partial charge in [-0.2, -0.15) is 5.10 Å². The molecular weight excluding hydrogens is 364 g/mol. The third-order valence-corrected chi connectivity index (χ3v) is 6.50. The molecule has 29 heavy (non-hydrogen) atoms. The average Bonchev–Trinajstić information content (AvgIpc) is 3.39. The van der Waals surface area contributed by atoms with E-state index in [2.05, 4.69) is 40.3 Å². The largest absolute Gasteiger partial charge is 0.366 e. The Hall–Kier alpha value is -2.18. The van der Waals surface area contributed by atoms with E-state index in [0.29, 0.717) is 11.8 Å². The maximum Gasteiger partial charge on any atom is 0.248 e. The van der Waals surface area contributed by atoms with Gasteiger partial charge in [0.05, 0.1) is 12.1 Å². The van der Waals surface area contributed by atoms with E-state index in [4.69, 9.17) is 4.74 Å². The number of nitrogens with zero attached hydrogens (tertiary/aromatic N) is 4. The fraction of sp³-hybridized carbons (Fsp3) is 0.565. The monoisotopic (exact) mass is 396 g/mol. The normalized spacial score (nSPS) is 27.0. The second-order valence-corrected chi connectivity index (χ2v) is 8.68. The lowest BCUT2D eigenvalue weighted by molar-refractivity contribution is -0.138. The molecule has 6 heteroatoms. The summed E-state index contributed by atoms with van der Waals surface area (Å²) in [5.41, 5.74) is 1.40. The summed E-state index contributed by atoms with van der Waals surface area (Å²) in [6.45, 7) is 3.53. The van der Waals surface area contributed by atoms with Crippen molar-refractivity contribution in [1.29, 1.82) is 0 Å². The second-order valence-electron chi connectivity index (χ2n) is 8.68. The van der Waals surface area contributed by atoms with Crippen LogP contribution in [0.25, 0.3) is 0 Å². The zero-order valence-corrected chi connectivity index (χ0v) is 17.5. The summed E-state index contributed by atoms with van der Waals surface area (Å²) >= 11 is 0. The Balaban J connectivity index is 1.38. The van der Waals surface area contributed by atoms with Gasteiger partial charge in [0.2, 0.25) is 5.91 Å². The van der Waals surface area contributed by atoms with Crippen molar-refractivity contribution in [2.75, 3.05) is 40.3 Å². The maximum absolute atomic E-state index is 12.0. The van der Waals surface area contributed by atoms with E-state index in [-0.39, 0.29) is 24.7 Å². The highest BCUT2D eigenvalue weighted by molar-refractivity contribution is 5.76. The molecule has 0 radical (unpaired) electrons. The molecule has 1 saturated carbocycles. The van der Waals surface area contributed by atoms with Gasteiger partial charge < -0.3 is 14.5 Å². The Morgan fingerprint density at radius 2 is 1.90 bits per heavy atom. The zero-order valence-electron chi connectivity index (χ0n) is 17.5. The summed E-state index contributed by atoms with van der Waals surface area (Å²) in [7, 11) is 3.55. The van der Waals surface area contributed by atoms with Gasteiger partial charge in [-0.25, -0.2) is 0 Å². The van der Waals surface area contributed by atoms with Crippen molar-refractivity contribution in [2.24, 2.45) is 11.8 Å². The molecule has 4 rings (SSSR count). The molecule has 1 aromatic carbocycles. The molecule has 2 fully saturated rings. The van der Waals surface area contributed by atoms with E-state index in [1.165, 1.54) is 5.56 Å². The molecule has 1 aliphatic carbocycles. The van der Waals surface area contributed by atoms with Crippen LogP contribution in [0.4, 0.5) is 0 Å². The van der Waals surface area contributed by atoms with E-state index < -0.39 is 0 Å². The van der Waals surface area contributed by atoms with Crippen LogP contribution in [-0.4, -0.2) is 71.9 Å². The van der Waals surface area contributed by atoms with Gasteiger partial charge in [-0.05, 0) is 42.7 Å². The molecule has 0 bridgehead atoms. The van der Waals surface area contributed by atoms with Gasteiger partial charge in [-0.3, -0.25) is 9.48 Å². The van der Waals surface area contributed by atoms with Gasteiger partial charge in [0.25, 0.3) is 0 Å². The van der Waals surface area contributed by atoms with E-state index >= 15 is 0 Å². The topological polar surface area (TPSA) is 50.6 Å². The number of hydrogen-bond donors (Lipinski definition) is 0. The summed E-state index contributed by atoms with van der Waals surface area (Å²) in [6.07, 6.45) is 7.05. The number of carbonyl (C=O) groups excluding carboxylic acids is 1. The molecule has 6 nitrogen and oxygen atoms in total. The number of aromatic nitrogens is 2. The highest BCUT2D eigenvalue weighted by Crippen LogP contribution is 2.42. The van der Waals surface area contributed by atoms with E-state index in [1.54, 1.807) is 19.0 Å². The van der Waals surface area contributed by atoms with E-state index in [9.17, 15) is 4.79 Å². The van der Waals surface area contributed by atoms with Crippen LogP contribution in [0.5, 0.6) is 0 Å². The van der Waals surface area contributed by atoms with Gasteiger partial charge >= 0.3 is 0 Å². The Morgan fingerprint density at radius 1 is 1.14 bits per heavy atom. The molecule has 2 aliphatic rings. The minimum Gasteiger partial charge on any atom is -0.366 e. The lowest BCUT2D eigenvalue weighted by Gasteiger charge is -2.38. The van der Waals surface area contributed by atoms with Crippen molar-refractivity contribution in [3.63, 3.8) is 0 Å². The number of ether oxygens (including phenoxy) is 1. The van der Waals surface area contributed by atoms with Crippen LogP contribution in [0, 0.1) is 11.8 Å². The minimum atomic E-state index is 0.0160. The third kappa shape index (κ3) is 4.87. The molecule has 2 heterocycles. The first-order valence-corrected chi connectivity index (χ1v) is 10.7. The minimum absolute atomic E-state index is 0.0160. The van der Waals surface area contributed by atoms with Crippen LogP contribution in [0.15, 0.2) is 48.8 Å². The predicted octanol–water partition coefficient (Wildman–Crippen LogP) is 2.48. The summed E-state index contributed by atoms with van der Waals surface area (Å²) < 4.78 is 8.18. The Kier molecular flexibility index (Phi) is 6.31. The second kappa shape index (κ2) is 9.09. The van der Waals surface area contributed by atoms with Crippen molar-refractivity contribution in [3.05, 3.63) is 54.4 Å². The van der Waals surface area contributed by atoms with Crippen LogP contribution in [0.2, 0.25) is 0 Å². The molecule has 0 unspecified atom stereocenters. The number of amides is 1. The maximum atomic E-state index is 12.0. The highest BCUT2D eigenvalue weighted by Gasteiger charge is 2.43. The number of benzene rings is 1. The Bertz CT molecular complexity index is 777. The van der Waals surface area contributed by atoms with E-state index in [1.807, 2.05) is 23.1 Å². The lowest BCUT2D eigenvalue weighted by Crippen LogP contribution is -2.40. The van der Waals surface area contributed by atoms with Crippen molar-refractivity contribution < 1.29 is 9.53 Å². The summed E-state index contributed by atoms with van der Waals surface area (Å²) in [6, 6.07) is 12.9. The number of carbonyl (C=O) groups is 1. The van der Waals surface area contributed by atoms with Gasteiger partial charge in [0, 0.05) is 46.1 Å². The lowest BCUT2D eigenvalue weighted by atomic mass is 9.77. The smallest absolute Gasteiger partial charge is 0.248 e. The average molecular weight is 397 g/mol. The molecule has 156 valence electrons. The first-order chi connectivity index (χ1) is 14.1. The summed E-state index contributed by atoms with van der Waals surface area (Å²) in [5, 5.41) is 4.49. The fourth-order valence-electron chi connectivity index (χ4n) is 4.84. The van der Waals surface area contributed by atoms with Crippen LogP contribution in [0.3, 0.4) is 0 Å². The molecular formula is C23H32N4O2. The Morgan fingerprint density at radius 3 is 2.59 bits per heavy atom. The molecule has 0 spiro atoms. The predicted molar refractivity (Wildman–Crippen MR) is 112 cm³/mol. The number of likely N-dealkylation sites (N-methyl/N-ethyl adjacent to an activating group) is 1. The molecule has 4 atom stereocenters. The van der Waals surface area contributed by atoms with Crippen molar-refractivity contribution in [2.45, 2.75) is 31.4 Å². The number of likely N-dealkylation sites (tertiary alicyclic amines) is 1. The molecule has 1 aromatic heterocycles. The molecule has 1 aliphatic heterocycles. The van der Waals surface area contributed by atoms with Gasteiger partial charge in [-0.15, -0.1) is 0 Å². The van der Waals surface area contributed by atoms with Crippen LogP contribution < -0.4 is 0 Å². The standard InChI is InChI=1S/C23H32N4O2/c1-25(2)23(28)17-29-22-14-20-16-26(12-9-18-7-4-3-5-8-18)15-19(20)13-21(22)27-11-6-10-24-27/h3-8,10-11,19-22H,9,12-17H2,1-2H3/t19-,20+,21-,22-/m0/s1. The SMILES string of the molecule is CN(C)C(=O)CO[C@H]1C[C@@H]2CN(CCc3ccccc3)C[C@@H]2C[C@@H]1n1cccn1. The molecule has 1 amide bonds. The first-order valence-electron chi connectivity index (χ1n) is 10.7. The summed E-state index contributed by atoms with van der Waals surface area (Å²) in [4.78, 5) is 16.2. The zero-order chi connectivity index (χ0) is 20.2. The van der Waals surface area contributed by atoms with Crippen LogP contribution >= 0.6 is 0 Å². The van der Waals surface area contributed by atoms with Gasteiger partial charge in [0.15, 0.2) is 0 Å². The van der Waals surface area contributed by atoms with Crippen LogP contribution in [0.1, 0.15) is 24.4 Å².